The van der Waals surface area contributed by atoms with E-state index in [4.69, 9.17) is 21.1 Å². The normalized spacial score (nSPS) is 16.3. The molecule has 0 radical (unpaired) electrons. The van der Waals surface area contributed by atoms with Gasteiger partial charge in [0.25, 0.3) is 0 Å². The second kappa shape index (κ2) is 9.12. The van der Waals surface area contributed by atoms with E-state index in [9.17, 15) is 5.11 Å². The Balaban J connectivity index is 1.42. The smallest absolute Gasteiger partial charge is 0.137 e. The Kier molecular flexibility index (Phi) is 6.61. The highest BCUT2D eigenvalue weighted by atomic mass is 35.5. The highest BCUT2D eigenvalue weighted by molar-refractivity contribution is 6.30. The minimum Gasteiger partial charge on any atom is -0.497 e. The Labute approximate surface area is 159 Å². The molecule has 2 aromatic carbocycles. The van der Waals surface area contributed by atoms with E-state index in [0.29, 0.717) is 12.3 Å². The molecule has 0 amide bonds. The lowest BCUT2D eigenvalue weighted by Crippen LogP contribution is -3.16. The van der Waals surface area contributed by atoms with Gasteiger partial charge in [-0.1, -0.05) is 23.7 Å². The summed E-state index contributed by atoms with van der Waals surface area (Å²) in [6, 6.07) is 15.4. The zero-order valence-corrected chi connectivity index (χ0v) is 15.8. The molecule has 2 N–H and O–H groups in total. The number of aliphatic hydroxyl groups is 1. The third-order valence-corrected chi connectivity index (χ3v) is 4.89. The van der Waals surface area contributed by atoms with Gasteiger partial charge in [-0.15, -0.1) is 0 Å². The first-order valence-electron chi connectivity index (χ1n) is 8.93. The molecule has 3 rings (SSSR count). The molecule has 140 valence electrons. The number of benzene rings is 2. The van der Waals surface area contributed by atoms with E-state index in [2.05, 4.69) is 11.0 Å². The van der Waals surface area contributed by atoms with Crippen molar-refractivity contribution in [2.24, 2.45) is 0 Å². The van der Waals surface area contributed by atoms with E-state index in [1.165, 1.54) is 10.6 Å². The van der Waals surface area contributed by atoms with Crippen molar-refractivity contribution in [1.82, 2.24) is 0 Å². The molecular formula is C20H26ClN2O3+. The number of halogens is 1. The molecule has 2 aromatic rings. The van der Waals surface area contributed by atoms with Crippen LogP contribution in [0.4, 0.5) is 5.69 Å². The number of hydrogen-bond donors (Lipinski definition) is 2. The highest BCUT2D eigenvalue weighted by Crippen LogP contribution is 2.20. The average Bonchev–Trinajstić information content (AvgIpc) is 2.67. The number of piperazine rings is 1. The van der Waals surface area contributed by atoms with Crippen LogP contribution in [-0.4, -0.2) is 57.7 Å². The van der Waals surface area contributed by atoms with E-state index in [-0.39, 0.29) is 6.61 Å². The largest absolute Gasteiger partial charge is 0.497 e. The van der Waals surface area contributed by atoms with Crippen molar-refractivity contribution in [1.29, 1.82) is 0 Å². The molecule has 1 aliphatic rings. The van der Waals surface area contributed by atoms with E-state index in [1.54, 1.807) is 7.11 Å². The van der Waals surface area contributed by atoms with Crippen molar-refractivity contribution in [2.75, 3.05) is 51.3 Å². The molecule has 0 unspecified atom stereocenters. The molecule has 6 heteroatoms. The maximum Gasteiger partial charge on any atom is 0.137 e. The van der Waals surface area contributed by atoms with Gasteiger partial charge in [-0.25, -0.2) is 0 Å². The third-order valence-electron chi connectivity index (χ3n) is 4.65. The zero-order chi connectivity index (χ0) is 18.4. The fourth-order valence-corrected chi connectivity index (χ4v) is 3.42. The molecule has 0 bridgehead atoms. The van der Waals surface area contributed by atoms with Gasteiger partial charge in [0.15, 0.2) is 0 Å². The second-order valence-corrected chi connectivity index (χ2v) is 7.00. The molecule has 0 spiro atoms. The topological polar surface area (TPSA) is 46.4 Å². The van der Waals surface area contributed by atoms with E-state index in [0.717, 1.165) is 37.0 Å². The average molecular weight is 378 g/mol. The van der Waals surface area contributed by atoms with Crippen molar-refractivity contribution in [2.45, 2.75) is 6.10 Å². The van der Waals surface area contributed by atoms with Crippen LogP contribution in [0.1, 0.15) is 0 Å². The molecule has 26 heavy (non-hydrogen) atoms. The van der Waals surface area contributed by atoms with E-state index < -0.39 is 6.10 Å². The third kappa shape index (κ3) is 5.27. The maximum atomic E-state index is 10.3. The number of anilines is 1. The Morgan fingerprint density at radius 3 is 2.58 bits per heavy atom. The second-order valence-electron chi connectivity index (χ2n) is 6.56. The number of methoxy groups -OCH3 is 1. The van der Waals surface area contributed by atoms with Crippen LogP contribution in [0.15, 0.2) is 48.5 Å². The fourth-order valence-electron chi connectivity index (χ4n) is 3.23. The monoisotopic (exact) mass is 377 g/mol. The number of hydrogen-bond acceptors (Lipinski definition) is 4. The first-order valence-corrected chi connectivity index (χ1v) is 9.31. The predicted molar refractivity (Wildman–Crippen MR) is 104 cm³/mol. The minimum absolute atomic E-state index is 0.286. The first-order chi connectivity index (χ1) is 12.6. The van der Waals surface area contributed by atoms with Gasteiger partial charge in [0.2, 0.25) is 0 Å². The van der Waals surface area contributed by atoms with Gasteiger partial charge in [0, 0.05) is 16.8 Å². The Morgan fingerprint density at radius 2 is 1.85 bits per heavy atom. The quantitative estimate of drug-likeness (QED) is 0.767. The number of nitrogens with zero attached hydrogens (tertiary/aromatic N) is 1. The van der Waals surface area contributed by atoms with Crippen LogP contribution in [0.3, 0.4) is 0 Å². The van der Waals surface area contributed by atoms with Crippen molar-refractivity contribution < 1.29 is 19.5 Å². The van der Waals surface area contributed by atoms with E-state index in [1.807, 2.05) is 42.5 Å². The summed E-state index contributed by atoms with van der Waals surface area (Å²) in [6.45, 7) is 4.87. The minimum atomic E-state index is -0.492. The SMILES string of the molecule is COc1cccc(OC[C@H](O)C[NH+]2CCN(c3cccc(Cl)c3)CC2)c1. The van der Waals surface area contributed by atoms with Crippen molar-refractivity contribution in [3.05, 3.63) is 53.6 Å². The molecule has 1 atom stereocenters. The molecule has 5 nitrogen and oxygen atoms in total. The predicted octanol–water partition coefficient (Wildman–Crippen LogP) is 1.49. The Morgan fingerprint density at radius 1 is 1.12 bits per heavy atom. The fraction of sp³-hybridized carbons (Fsp3) is 0.400. The Bertz CT molecular complexity index is 705. The summed E-state index contributed by atoms with van der Waals surface area (Å²) in [7, 11) is 1.63. The maximum absolute atomic E-state index is 10.3. The summed E-state index contributed by atoms with van der Waals surface area (Å²) in [5, 5.41) is 11.1. The van der Waals surface area contributed by atoms with Crippen LogP contribution < -0.4 is 19.3 Å². The number of quaternary nitrogens is 1. The molecule has 0 aromatic heterocycles. The highest BCUT2D eigenvalue weighted by Gasteiger charge is 2.23. The van der Waals surface area contributed by atoms with Gasteiger partial charge in [0.1, 0.15) is 30.8 Å². The van der Waals surface area contributed by atoms with Gasteiger partial charge in [-0.2, -0.15) is 0 Å². The summed E-state index contributed by atoms with van der Waals surface area (Å²) in [5.74, 6) is 1.46. The summed E-state index contributed by atoms with van der Waals surface area (Å²) in [5.41, 5.74) is 1.17. The van der Waals surface area contributed by atoms with Crippen LogP contribution in [0.5, 0.6) is 11.5 Å². The molecule has 0 saturated carbocycles. The molecule has 0 aliphatic carbocycles. The van der Waals surface area contributed by atoms with Crippen molar-refractivity contribution in [3.8, 4) is 11.5 Å². The van der Waals surface area contributed by atoms with Crippen LogP contribution >= 0.6 is 11.6 Å². The lowest BCUT2D eigenvalue weighted by Gasteiger charge is -2.34. The van der Waals surface area contributed by atoms with Crippen molar-refractivity contribution in [3.63, 3.8) is 0 Å². The van der Waals surface area contributed by atoms with E-state index >= 15 is 0 Å². The van der Waals surface area contributed by atoms with Gasteiger partial charge in [-0.05, 0) is 30.3 Å². The van der Waals surface area contributed by atoms with Crippen molar-refractivity contribution >= 4 is 17.3 Å². The number of rotatable bonds is 7. The molecular weight excluding hydrogens is 352 g/mol. The number of nitrogens with one attached hydrogen (secondary N) is 1. The van der Waals surface area contributed by atoms with Gasteiger partial charge in [-0.3, -0.25) is 0 Å². The lowest BCUT2D eigenvalue weighted by molar-refractivity contribution is -0.903. The zero-order valence-electron chi connectivity index (χ0n) is 15.0. The summed E-state index contributed by atoms with van der Waals surface area (Å²) in [6.07, 6.45) is -0.492. The van der Waals surface area contributed by atoms with Crippen LogP contribution in [0.2, 0.25) is 5.02 Å². The summed E-state index contributed by atoms with van der Waals surface area (Å²) in [4.78, 5) is 3.74. The van der Waals surface area contributed by atoms with Gasteiger partial charge < -0.3 is 24.4 Å². The van der Waals surface area contributed by atoms with Crippen LogP contribution in [0, 0.1) is 0 Å². The van der Waals surface area contributed by atoms with Crippen LogP contribution in [-0.2, 0) is 0 Å². The summed E-state index contributed by atoms with van der Waals surface area (Å²) < 4.78 is 10.9. The molecule has 1 saturated heterocycles. The van der Waals surface area contributed by atoms with Crippen LogP contribution in [0.25, 0.3) is 0 Å². The van der Waals surface area contributed by atoms with Gasteiger partial charge in [0.05, 0.1) is 33.3 Å². The number of ether oxygens (including phenoxy) is 2. The van der Waals surface area contributed by atoms with Gasteiger partial charge >= 0.3 is 0 Å². The standard InChI is InChI=1S/C20H25ClN2O3/c1-25-19-6-3-7-20(13-19)26-15-18(24)14-22-8-10-23(11-9-22)17-5-2-4-16(21)12-17/h2-7,12-13,18,24H,8-11,14-15H2,1H3/p+1/t18-/m1/s1. The summed E-state index contributed by atoms with van der Waals surface area (Å²) >= 11 is 6.08. The molecule has 1 fully saturated rings. The Hall–Kier alpha value is -1.95. The number of aliphatic hydroxyl groups excluding tert-OH is 1. The lowest BCUT2D eigenvalue weighted by atomic mass is 10.2. The molecule has 1 aliphatic heterocycles. The molecule has 1 heterocycles. The first kappa shape index (κ1) is 18.8.